The minimum atomic E-state index is -3.44. The molecule has 0 amide bonds. The molecule has 2 aromatic carbocycles. The second kappa shape index (κ2) is 7.89. The van der Waals surface area contributed by atoms with Crippen LogP contribution < -0.4 is 10.6 Å². The van der Waals surface area contributed by atoms with Crippen LogP contribution in [0.3, 0.4) is 0 Å². The summed E-state index contributed by atoms with van der Waals surface area (Å²) in [5.74, 6) is 0.135. The average molecular weight is 407 g/mol. The van der Waals surface area contributed by atoms with Gasteiger partial charge in [0.25, 0.3) is 0 Å². The van der Waals surface area contributed by atoms with Gasteiger partial charge in [-0.05, 0) is 42.5 Å². The monoisotopic (exact) mass is 406 g/mol. The fourth-order valence-electron chi connectivity index (χ4n) is 2.27. The van der Waals surface area contributed by atoms with Crippen molar-refractivity contribution in [1.29, 1.82) is 0 Å². The molecule has 140 valence electrons. The predicted octanol–water partition coefficient (Wildman–Crippen LogP) is 4.55. The Bertz CT molecular complexity index is 1060. The molecule has 0 saturated heterocycles. The van der Waals surface area contributed by atoms with E-state index in [1.54, 1.807) is 30.3 Å². The first-order chi connectivity index (χ1) is 12.9. The van der Waals surface area contributed by atoms with Crippen molar-refractivity contribution in [3.8, 4) is 0 Å². The third kappa shape index (κ3) is 4.72. The van der Waals surface area contributed by atoms with Crippen molar-refractivity contribution in [3.63, 3.8) is 0 Å². The van der Waals surface area contributed by atoms with Crippen molar-refractivity contribution < 1.29 is 12.8 Å². The van der Waals surface area contributed by atoms with Crippen LogP contribution in [0, 0.1) is 5.82 Å². The maximum atomic E-state index is 14.1. The zero-order valence-corrected chi connectivity index (χ0v) is 15.9. The highest BCUT2D eigenvalue weighted by atomic mass is 35.5. The first-order valence-corrected chi connectivity index (χ1v) is 10.0. The summed E-state index contributed by atoms with van der Waals surface area (Å²) in [6.07, 6.45) is 1.31. The topological polar surface area (TPSA) is 84.0 Å². The van der Waals surface area contributed by atoms with Crippen LogP contribution in [-0.4, -0.2) is 24.1 Å². The highest BCUT2D eigenvalue weighted by Gasteiger charge is 2.14. The molecule has 27 heavy (non-hydrogen) atoms. The van der Waals surface area contributed by atoms with Gasteiger partial charge < -0.3 is 10.6 Å². The molecule has 0 unspecified atom stereocenters. The van der Waals surface area contributed by atoms with Crippen LogP contribution in [0.5, 0.6) is 0 Å². The Morgan fingerprint density at radius 1 is 1.00 bits per heavy atom. The van der Waals surface area contributed by atoms with Crippen LogP contribution in [0.4, 0.5) is 27.4 Å². The molecule has 0 atom stereocenters. The summed E-state index contributed by atoms with van der Waals surface area (Å²) in [5, 5.41) is 6.48. The third-order valence-corrected chi connectivity index (χ3v) is 5.71. The third-order valence-electron chi connectivity index (χ3n) is 3.72. The molecule has 0 fully saturated rings. The van der Waals surface area contributed by atoms with Crippen LogP contribution in [0.2, 0.25) is 5.02 Å². The van der Waals surface area contributed by atoms with Gasteiger partial charge in [0.1, 0.15) is 23.8 Å². The van der Waals surface area contributed by atoms with E-state index in [4.69, 9.17) is 11.6 Å². The van der Waals surface area contributed by atoms with E-state index >= 15 is 0 Å². The highest BCUT2D eigenvalue weighted by molar-refractivity contribution is 7.91. The standard InChI is InChI=1S/C18H16ClFN4O2S/c1-2-27(25,26)14-7-8-15(20)16(9-14)24-18-10-17(21-11-22-18)23-13-5-3-12(19)4-6-13/h3-11H,2H2,1H3,(H2,21,22,23,24). The van der Waals surface area contributed by atoms with Crippen LogP contribution in [0.25, 0.3) is 0 Å². The smallest absolute Gasteiger partial charge is 0.178 e. The minimum Gasteiger partial charge on any atom is -0.340 e. The van der Waals surface area contributed by atoms with Gasteiger partial charge in [-0.1, -0.05) is 18.5 Å². The Morgan fingerprint density at radius 3 is 2.33 bits per heavy atom. The van der Waals surface area contributed by atoms with Gasteiger partial charge in [0.15, 0.2) is 9.84 Å². The molecule has 0 spiro atoms. The largest absolute Gasteiger partial charge is 0.340 e. The molecule has 2 N–H and O–H groups in total. The lowest BCUT2D eigenvalue weighted by Crippen LogP contribution is -2.05. The van der Waals surface area contributed by atoms with Crippen LogP contribution in [-0.2, 0) is 9.84 Å². The maximum absolute atomic E-state index is 14.1. The number of nitrogens with zero attached hydrogens (tertiary/aromatic N) is 2. The second-order valence-corrected chi connectivity index (χ2v) is 8.31. The Kier molecular flexibility index (Phi) is 5.57. The lowest BCUT2D eigenvalue weighted by molar-refractivity contribution is 0.596. The Balaban J connectivity index is 1.84. The van der Waals surface area contributed by atoms with Crippen molar-refractivity contribution in [2.75, 3.05) is 16.4 Å². The van der Waals surface area contributed by atoms with Crippen LogP contribution in [0.15, 0.2) is 59.8 Å². The lowest BCUT2D eigenvalue weighted by Gasteiger charge is -2.11. The Labute approximate surface area is 161 Å². The summed E-state index contributed by atoms with van der Waals surface area (Å²) >= 11 is 5.86. The SMILES string of the molecule is CCS(=O)(=O)c1ccc(F)c(Nc2cc(Nc3ccc(Cl)cc3)ncn2)c1. The van der Waals surface area contributed by atoms with Gasteiger partial charge in [-0.3, -0.25) is 0 Å². The van der Waals surface area contributed by atoms with Gasteiger partial charge in [0, 0.05) is 16.8 Å². The summed E-state index contributed by atoms with van der Waals surface area (Å²) in [6, 6.07) is 12.2. The van der Waals surface area contributed by atoms with E-state index in [1.165, 1.54) is 25.4 Å². The number of sulfone groups is 1. The maximum Gasteiger partial charge on any atom is 0.178 e. The zero-order valence-electron chi connectivity index (χ0n) is 14.3. The van der Waals surface area contributed by atoms with Crippen molar-refractivity contribution in [3.05, 3.63) is 65.7 Å². The molecule has 9 heteroatoms. The Hall–Kier alpha value is -2.71. The van der Waals surface area contributed by atoms with E-state index in [0.717, 1.165) is 11.8 Å². The average Bonchev–Trinajstić information content (AvgIpc) is 2.65. The fraction of sp³-hybridized carbons (Fsp3) is 0.111. The van der Waals surface area contributed by atoms with Crippen molar-refractivity contribution in [2.24, 2.45) is 0 Å². The van der Waals surface area contributed by atoms with E-state index in [2.05, 4.69) is 20.6 Å². The molecule has 0 bridgehead atoms. The molecule has 0 saturated carbocycles. The number of anilines is 4. The summed E-state index contributed by atoms with van der Waals surface area (Å²) in [5.41, 5.74) is 0.784. The number of halogens is 2. The molecule has 1 aromatic heterocycles. The van der Waals surface area contributed by atoms with Gasteiger partial charge in [0.2, 0.25) is 0 Å². The van der Waals surface area contributed by atoms with E-state index in [9.17, 15) is 12.8 Å². The quantitative estimate of drug-likeness (QED) is 0.584. The molecule has 3 aromatic rings. The van der Waals surface area contributed by atoms with Crippen molar-refractivity contribution in [1.82, 2.24) is 9.97 Å². The van der Waals surface area contributed by atoms with Gasteiger partial charge >= 0.3 is 0 Å². The minimum absolute atomic E-state index is 0.0145. The summed E-state index contributed by atoms with van der Waals surface area (Å²) in [7, 11) is -3.44. The first-order valence-electron chi connectivity index (χ1n) is 8.01. The number of rotatable bonds is 6. The first kappa shape index (κ1) is 19.1. The fourth-order valence-corrected chi connectivity index (χ4v) is 3.31. The van der Waals surface area contributed by atoms with Crippen LogP contribution in [0.1, 0.15) is 6.92 Å². The molecule has 0 aliphatic rings. The number of hydrogen-bond donors (Lipinski definition) is 2. The van der Waals surface area contributed by atoms with Crippen molar-refractivity contribution >= 4 is 44.4 Å². The summed E-state index contributed by atoms with van der Waals surface area (Å²) in [6.45, 7) is 1.53. The van der Waals surface area contributed by atoms with Gasteiger partial charge in [-0.15, -0.1) is 0 Å². The molecule has 0 radical (unpaired) electrons. The van der Waals surface area contributed by atoms with E-state index < -0.39 is 15.7 Å². The van der Waals surface area contributed by atoms with E-state index in [-0.39, 0.29) is 16.3 Å². The zero-order chi connectivity index (χ0) is 19.4. The Morgan fingerprint density at radius 2 is 1.67 bits per heavy atom. The van der Waals surface area contributed by atoms with Gasteiger partial charge in [-0.2, -0.15) is 0 Å². The lowest BCUT2D eigenvalue weighted by atomic mass is 10.3. The highest BCUT2D eigenvalue weighted by Crippen LogP contribution is 2.25. The predicted molar refractivity (Wildman–Crippen MR) is 104 cm³/mol. The molecule has 1 heterocycles. The van der Waals surface area contributed by atoms with Gasteiger partial charge in [0.05, 0.1) is 16.3 Å². The number of hydrogen-bond acceptors (Lipinski definition) is 6. The molecular formula is C18H16ClFN4O2S. The van der Waals surface area contributed by atoms with E-state index in [1.807, 2.05) is 0 Å². The number of benzene rings is 2. The molecule has 6 nitrogen and oxygen atoms in total. The van der Waals surface area contributed by atoms with Crippen LogP contribution >= 0.6 is 11.6 Å². The summed E-state index contributed by atoms with van der Waals surface area (Å²) < 4.78 is 38.1. The van der Waals surface area contributed by atoms with E-state index in [0.29, 0.717) is 16.7 Å². The second-order valence-electron chi connectivity index (χ2n) is 5.59. The molecule has 0 aliphatic heterocycles. The molecular weight excluding hydrogens is 391 g/mol. The number of nitrogens with one attached hydrogen (secondary N) is 2. The van der Waals surface area contributed by atoms with Crippen molar-refractivity contribution in [2.45, 2.75) is 11.8 Å². The molecule has 0 aliphatic carbocycles. The normalized spacial score (nSPS) is 11.2. The molecule has 3 rings (SSSR count). The summed E-state index contributed by atoms with van der Waals surface area (Å²) in [4.78, 5) is 8.19. The number of aromatic nitrogens is 2. The van der Waals surface area contributed by atoms with Gasteiger partial charge in [-0.25, -0.2) is 22.8 Å².